The van der Waals surface area contributed by atoms with Crippen LogP contribution in [-0.2, 0) is 10.0 Å². The second-order valence-electron chi connectivity index (χ2n) is 8.43. The molecular weight excluding hydrogens is 384 g/mol. The second kappa shape index (κ2) is 8.67. The first-order valence-corrected chi connectivity index (χ1v) is 11.3. The van der Waals surface area contributed by atoms with Crippen molar-refractivity contribution in [1.82, 2.24) is 9.21 Å². The number of nitrogens with zero attached hydrogens (tertiary/aromatic N) is 2. The van der Waals surface area contributed by atoms with E-state index in [1.54, 1.807) is 31.3 Å². The van der Waals surface area contributed by atoms with Gasteiger partial charge in [0.25, 0.3) is 5.91 Å². The van der Waals surface area contributed by atoms with Crippen LogP contribution in [0.4, 0.5) is 0 Å². The molecule has 1 amide bonds. The molecule has 5 nitrogen and oxygen atoms in total. The number of rotatable bonds is 6. The summed E-state index contributed by atoms with van der Waals surface area (Å²) in [7, 11) is -1.96. The third-order valence-corrected chi connectivity index (χ3v) is 7.28. The van der Waals surface area contributed by atoms with E-state index in [2.05, 4.69) is 0 Å². The van der Waals surface area contributed by atoms with Crippen LogP contribution >= 0.6 is 0 Å². The molecule has 0 aliphatic rings. The van der Waals surface area contributed by atoms with Gasteiger partial charge in [0, 0.05) is 30.7 Å². The molecule has 0 spiro atoms. The largest absolute Gasteiger partial charge is 0.337 e. The van der Waals surface area contributed by atoms with Gasteiger partial charge in [-0.2, -0.15) is 4.31 Å². The summed E-state index contributed by atoms with van der Waals surface area (Å²) in [4.78, 5) is 14.7. The number of carbonyl (C=O) groups is 1. The summed E-state index contributed by atoms with van der Waals surface area (Å²) in [5.74, 6) is 0.0145. The van der Waals surface area contributed by atoms with Crippen LogP contribution < -0.4 is 0 Å². The number of hydrogen-bond acceptors (Lipinski definition) is 3. The van der Waals surface area contributed by atoms with Gasteiger partial charge >= 0.3 is 0 Å². The van der Waals surface area contributed by atoms with E-state index in [1.807, 2.05) is 70.7 Å². The highest BCUT2D eigenvalue weighted by molar-refractivity contribution is 7.89. The maximum atomic E-state index is 12.8. The van der Waals surface area contributed by atoms with Gasteiger partial charge < -0.3 is 4.90 Å². The van der Waals surface area contributed by atoms with Gasteiger partial charge in [0.1, 0.15) is 0 Å². The van der Waals surface area contributed by atoms with Crippen molar-refractivity contribution in [1.29, 1.82) is 0 Å². The minimum Gasteiger partial charge on any atom is -0.337 e. The molecule has 0 saturated heterocycles. The zero-order valence-electron chi connectivity index (χ0n) is 18.4. The van der Waals surface area contributed by atoms with Crippen LogP contribution in [0.1, 0.15) is 51.9 Å². The summed E-state index contributed by atoms with van der Waals surface area (Å²) < 4.78 is 26.9. The van der Waals surface area contributed by atoms with E-state index in [-0.39, 0.29) is 16.8 Å². The van der Waals surface area contributed by atoms with Gasteiger partial charge in [-0.3, -0.25) is 4.79 Å². The first-order chi connectivity index (χ1) is 13.4. The Balaban J connectivity index is 2.26. The Kier molecular flexibility index (Phi) is 6.91. The first kappa shape index (κ1) is 23.1. The lowest BCUT2D eigenvalue weighted by Crippen LogP contribution is -2.42. The van der Waals surface area contributed by atoms with Gasteiger partial charge in [0.05, 0.1) is 4.90 Å². The van der Waals surface area contributed by atoms with E-state index < -0.39 is 15.6 Å². The maximum absolute atomic E-state index is 12.8. The second-order valence-corrected chi connectivity index (χ2v) is 10.4. The Morgan fingerprint density at radius 2 is 1.38 bits per heavy atom. The van der Waals surface area contributed by atoms with Crippen LogP contribution in [0.25, 0.3) is 11.1 Å². The highest BCUT2D eigenvalue weighted by Gasteiger charge is 2.30. The number of carbonyl (C=O) groups excluding carboxylic acids is 1. The van der Waals surface area contributed by atoms with Crippen molar-refractivity contribution < 1.29 is 13.2 Å². The maximum Gasteiger partial charge on any atom is 0.254 e. The molecule has 0 radical (unpaired) electrons. The first-order valence-electron chi connectivity index (χ1n) is 9.90. The van der Waals surface area contributed by atoms with E-state index in [0.717, 1.165) is 11.1 Å². The predicted molar refractivity (Wildman–Crippen MR) is 118 cm³/mol. The lowest BCUT2D eigenvalue weighted by atomic mass is 10.0. The lowest BCUT2D eigenvalue weighted by Gasteiger charge is -2.30. The van der Waals surface area contributed by atoms with Crippen LogP contribution in [-0.4, -0.2) is 48.7 Å². The molecule has 0 aliphatic heterocycles. The molecule has 0 bridgehead atoms. The highest BCUT2D eigenvalue weighted by Crippen LogP contribution is 2.26. The molecular formula is C23H32N2O3S. The summed E-state index contributed by atoms with van der Waals surface area (Å²) in [5, 5.41) is 0. The van der Waals surface area contributed by atoms with Crippen molar-refractivity contribution in [2.75, 3.05) is 13.6 Å². The summed E-state index contributed by atoms with van der Waals surface area (Å²) in [6.07, 6.45) is 0. The zero-order chi connectivity index (χ0) is 22.0. The quantitative estimate of drug-likeness (QED) is 0.689. The highest BCUT2D eigenvalue weighted by atomic mass is 32.2. The molecule has 0 saturated carbocycles. The molecule has 0 fully saturated rings. The van der Waals surface area contributed by atoms with E-state index in [0.29, 0.717) is 12.1 Å². The molecule has 6 heteroatoms. The van der Waals surface area contributed by atoms with Gasteiger partial charge in [0.15, 0.2) is 0 Å². The molecule has 2 aromatic carbocycles. The average Bonchev–Trinajstić information content (AvgIpc) is 2.67. The third-order valence-electron chi connectivity index (χ3n) is 5.15. The molecule has 0 unspecified atom stereocenters. The van der Waals surface area contributed by atoms with E-state index in [4.69, 9.17) is 0 Å². The Hall–Kier alpha value is -2.18. The van der Waals surface area contributed by atoms with Crippen molar-refractivity contribution in [2.45, 2.75) is 58.0 Å². The molecule has 0 heterocycles. The van der Waals surface area contributed by atoms with Gasteiger partial charge in [-0.15, -0.1) is 0 Å². The lowest BCUT2D eigenvalue weighted by molar-refractivity contribution is 0.0717. The van der Waals surface area contributed by atoms with E-state index >= 15 is 0 Å². The molecule has 2 rings (SSSR count). The molecule has 29 heavy (non-hydrogen) atoms. The van der Waals surface area contributed by atoms with Gasteiger partial charge in [0.2, 0.25) is 10.0 Å². The smallest absolute Gasteiger partial charge is 0.254 e. The Morgan fingerprint density at radius 1 is 0.931 bits per heavy atom. The van der Waals surface area contributed by atoms with E-state index in [1.165, 1.54) is 4.31 Å². The van der Waals surface area contributed by atoms with Crippen molar-refractivity contribution in [3.8, 4) is 11.1 Å². The summed E-state index contributed by atoms with van der Waals surface area (Å²) >= 11 is 0. The standard InChI is InChI=1S/C23H32N2O3S/c1-8-25(17(2)3)22(26)20-11-9-18(10-12-20)19-13-15-21(16-14-19)29(27,28)24(7)23(4,5)6/h9-17H,8H2,1-7H3. The Morgan fingerprint density at radius 3 is 1.76 bits per heavy atom. The van der Waals surface area contributed by atoms with Crippen LogP contribution in [0.3, 0.4) is 0 Å². The predicted octanol–water partition coefficient (Wildman–Crippen LogP) is 4.64. The Labute approximate surface area is 175 Å². The number of hydrogen-bond donors (Lipinski definition) is 0. The number of amides is 1. The summed E-state index contributed by atoms with van der Waals surface area (Å²) in [6, 6.07) is 14.4. The molecule has 0 N–H and O–H groups in total. The number of benzene rings is 2. The van der Waals surface area contributed by atoms with E-state index in [9.17, 15) is 13.2 Å². The fourth-order valence-corrected chi connectivity index (χ4v) is 4.57. The molecule has 0 aliphatic carbocycles. The SMILES string of the molecule is CCN(C(=O)c1ccc(-c2ccc(S(=O)(=O)N(C)C(C)(C)C)cc2)cc1)C(C)C. The van der Waals surface area contributed by atoms with Crippen LogP contribution in [0.5, 0.6) is 0 Å². The van der Waals surface area contributed by atoms with Crippen LogP contribution in [0.2, 0.25) is 0 Å². The summed E-state index contributed by atoms with van der Waals surface area (Å²) in [6.45, 7) is 12.2. The monoisotopic (exact) mass is 416 g/mol. The van der Waals surface area contributed by atoms with Crippen molar-refractivity contribution in [3.05, 3.63) is 54.1 Å². The van der Waals surface area contributed by atoms with Gasteiger partial charge in [-0.1, -0.05) is 24.3 Å². The average molecular weight is 417 g/mol. The third kappa shape index (κ3) is 5.06. The number of sulfonamides is 1. The van der Waals surface area contributed by atoms with Crippen molar-refractivity contribution in [3.63, 3.8) is 0 Å². The normalized spacial score (nSPS) is 12.4. The molecule has 0 aromatic heterocycles. The summed E-state index contributed by atoms with van der Waals surface area (Å²) in [5.41, 5.74) is 1.98. The topological polar surface area (TPSA) is 57.7 Å². The molecule has 0 atom stereocenters. The van der Waals surface area contributed by atoms with Gasteiger partial charge in [-0.25, -0.2) is 8.42 Å². The molecule has 158 valence electrons. The Bertz CT molecular complexity index is 941. The fraction of sp³-hybridized carbons (Fsp3) is 0.435. The van der Waals surface area contributed by atoms with Crippen LogP contribution in [0, 0.1) is 0 Å². The van der Waals surface area contributed by atoms with Crippen molar-refractivity contribution in [2.24, 2.45) is 0 Å². The molecule has 2 aromatic rings. The fourth-order valence-electron chi connectivity index (χ4n) is 3.05. The van der Waals surface area contributed by atoms with Gasteiger partial charge in [-0.05, 0) is 76.9 Å². The minimum absolute atomic E-state index is 0.0145. The van der Waals surface area contributed by atoms with Crippen LogP contribution in [0.15, 0.2) is 53.4 Å². The zero-order valence-corrected chi connectivity index (χ0v) is 19.2. The van der Waals surface area contributed by atoms with Crippen molar-refractivity contribution >= 4 is 15.9 Å². The minimum atomic E-state index is -3.55.